The molecule has 0 atom stereocenters. The fourth-order valence-electron chi connectivity index (χ4n) is 2.92. The van der Waals surface area contributed by atoms with Gasteiger partial charge in [0.1, 0.15) is 0 Å². The minimum Gasteiger partial charge on any atom is -0.493 e. The third kappa shape index (κ3) is 5.07. The number of hydrogen-bond donors (Lipinski definition) is 0. The molecule has 2 heterocycles. The van der Waals surface area contributed by atoms with Crippen LogP contribution in [0.5, 0.6) is 11.5 Å². The van der Waals surface area contributed by atoms with Gasteiger partial charge in [-0.1, -0.05) is 24.2 Å². The highest BCUT2D eigenvalue weighted by atomic mass is 16.5. The third-order valence-electron chi connectivity index (χ3n) is 4.45. The van der Waals surface area contributed by atoms with Crippen molar-refractivity contribution >= 4 is 0 Å². The van der Waals surface area contributed by atoms with Crippen LogP contribution in [0, 0.1) is 0 Å². The minimum atomic E-state index is 0.563. The Morgan fingerprint density at radius 2 is 1.79 bits per heavy atom. The summed E-state index contributed by atoms with van der Waals surface area (Å²) in [5.41, 5.74) is 3.28. The second kappa shape index (κ2) is 9.32. The van der Waals surface area contributed by atoms with Gasteiger partial charge in [0.05, 0.1) is 26.5 Å². The molecule has 0 aliphatic heterocycles. The van der Waals surface area contributed by atoms with Crippen molar-refractivity contribution in [1.82, 2.24) is 20.0 Å². The van der Waals surface area contributed by atoms with E-state index >= 15 is 0 Å². The van der Waals surface area contributed by atoms with Crippen LogP contribution in [0.1, 0.15) is 35.5 Å². The molecule has 7 nitrogen and oxygen atoms in total. The molecule has 7 heteroatoms. The average Bonchev–Trinajstić information content (AvgIpc) is 3.14. The molecule has 1 aromatic carbocycles. The van der Waals surface area contributed by atoms with E-state index in [4.69, 9.17) is 14.0 Å². The summed E-state index contributed by atoms with van der Waals surface area (Å²) in [5.74, 6) is 2.61. The summed E-state index contributed by atoms with van der Waals surface area (Å²) >= 11 is 0. The van der Waals surface area contributed by atoms with E-state index < -0.39 is 0 Å². The Kier molecular flexibility index (Phi) is 6.60. The number of ether oxygens (including phenoxy) is 2. The molecule has 0 aliphatic rings. The number of benzene rings is 1. The van der Waals surface area contributed by atoms with Crippen LogP contribution in [-0.4, -0.2) is 41.3 Å². The van der Waals surface area contributed by atoms with Gasteiger partial charge in [-0.15, -0.1) is 0 Å². The molecule has 0 unspecified atom stereocenters. The average molecular weight is 382 g/mol. The maximum atomic E-state index is 5.40. The number of methoxy groups -OCH3 is 2. The number of rotatable bonds is 9. The van der Waals surface area contributed by atoms with Crippen LogP contribution in [-0.2, 0) is 25.9 Å². The molecule has 3 rings (SSSR count). The molecule has 3 aromatic rings. The maximum absolute atomic E-state index is 5.40. The van der Waals surface area contributed by atoms with Crippen molar-refractivity contribution in [3.8, 4) is 11.5 Å². The van der Waals surface area contributed by atoms with Crippen LogP contribution in [0.3, 0.4) is 0 Å². The zero-order valence-electron chi connectivity index (χ0n) is 16.8. The van der Waals surface area contributed by atoms with Crippen LogP contribution in [0.2, 0.25) is 0 Å². The first kappa shape index (κ1) is 19.8. The van der Waals surface area contributed by atoms with Crippen molar-refractivity contribution in [3.05, 3.63) is 65.1 Å². The van der Waals surface area contributed by atoms with Gasteiger partial charge >= 0.3 is 0 Å². The largest absolute Gasteiger partial charge is 0.493 e. The number of aryl methyl sites for hydroxylation is 1. The zero-order chi connectivity index (χ0) is 19.9. The van der Waals surface area contributed by atoms with E-state index in [0.717, 1.165) is 24.2 Å². The molecular formula is C21H26N4O3. The van der Waals surface area contributed by atoms with E-state index in [1.54, 1.807) is 14.2 Å². The third-order valence-corrected chi connectivity index (χ3v) is 4.45. The van der Waals surface area contributed by atoms with Gasteiger partial charge < -0.3 is 14.0 Å². The number of hydrogen-bond acceptors (Lipinski definition) is 7. The van der Waals surface area contributed by atoms with Crippen molar-refractivity contribution in [3.63, 3.8) is 0 Å². The number of pyridine rings is 1. The van der Waals surface area contributed by atoms with Gasteiger partial charge in [-0.3, -0.25) is 9.88 Å². The van der Waals surface area contributed by atoms with Gasteiger partial charge in [0.2, 0.25) is 5.89 Å². The second-order valence-corrected chi connectivity index (χ2v) is 6.65. The molecule has 0 saturated carbocycles. The minimum absolute atomic E-state index is 0.563. The first-order valence-electron chi connectivity index (χ1n) is 9.26. The molecule has 0 spiro atoms. The first-order valence-corrected chi connectivity index (χ1v) is 9.26. The van der Waals surface area contributed by atoms with E-state index in [1.165, 1.54) is 5.56 Å². The normalized spacial score (nSPS) is 11.0. The SMILES string of the molecule is CCc1ccc(CN(C)Cc2nc(Cc3ccc(OC)c(OC)c3)no2)nc1. The molecule has 0 N–H and O–H groups in total. The van der Waals surface area contributed by atoms with Crippen LogP contribution in [0.4, 0.5) is 0 Å². The van der Waals surface area contributed by atoms with Crippen molar-refractivity contribution in [2.24, 2.45) is 0 Å². The van der Waals surface area contributed by atoms with Crippen molar-refractivity contribution < 1.29 is 14.0 Å². The molecule has 148 valence electrons. The highest BCUT2D eigenvalue weighted by Crippen LogP contribution is 2.28. The Morgan fingerprint density at radius 3 is 2.46 bits per heavy atom. The lowest BCUT2D eigenvalue weighted by Gasteiger charge is -2.13. The molecule has 2 aromatic heterocycles. The Balaban J connectivity index is 1.58. The molecule has 0 aliphatic carbocycles. The highest BCUT2D eigenvalue weighted by molar-refractivity contribution is 5.43. The van der Waals surface area contributed by atoms with Gasteiger partial charge in [-0.25, -0.2) is 0 Å². The standard InChI is InChI=1S/C21H26N4O3/c1-5-15-6-8-17(22-12-15)13-25(2)14-21-23-20(24-28-21)11-16-7-9-18(26-3)19(10-16)27-4/h6-10,12H,5,11,13-14H2,1-4H3. The van der Waals surface area contributed by atoms with Gasteiger partial charge in [0, 0.05) is 19.2 Å². The molecule has 0 fully saturated rings. The Bertz CT molecular complexity index is 893. The quantitative estimate of drug-likeness (QED) is 0.562. The van der Waals surface area contributed by atoms with E-state index in [9.17, 15) is 0 Å². The summed E-state index contributed by atoms with van der Waals surface area (Å²) in [6.07, 6.45) is 3.48. The molecule has 0 bridgehead atoms. The van der Waals surface area contributed by atoms with Crippen LogP contribution in [0.15, 0.2) is 41.1 Å². The molecule has 0 amide bonds. The first-order chi connectivity index (χ1) is 13.6. The lowest BCUT2D eigenvalue weighted by Crippen LogP contribution is -2.18. The Morgan fingerprint density at radius 1 is 1.00 bits per heavy atom. The Hall–Kier alpha value is -2.93. The number of aromatic nitrogens is 3. The molecular weight excluding hydrogens is 356 g/mol. The van der Waals surface area contributed by atoms with Gasteiger partial charge in [0.25, 0.3) is 0 Å². The maximum Gasteiger partial charge on any atom is 0.240 e. The van der Waals surface area contributed by atoms with Gasteiger partial charge in [-0.05, 0) is 42.8 Å². The fraction of sp³-hybridized carbons (Fsp3) is 0.381. The summed E-state index contributed by atoms with van der Waals surface area (Å²) in [7, 11) is 5.25. The molecule has 0 saturated heterocycles. The molecule has 0 radical (unpaired) electrons. The van der Waals surface area contributed by atoms with E-state index in [-0.39, 0.29) is 0 Å². The zero-order valence-corrected chi connectivity index (χ0v) is 16.8. The van der Waals surface area contributed by atoms with Crippen molar-refractivity contribution in [2.45, 2.75) is 32.9 Å². The second-order valence-electron chi connectivity index (χ2n) is 6.65. The van der Waals surface area contributed by atoms with Crippen LogP contribution in [0.25, 0.3) is 0 Å². The predicted molar refractivity (Wildman–Crippen MR) is 105 cm³/mol. The smallest absolute Gasteiger partial charge is 0.240 e. The number of nitrogens with zero attached hydrogens (tertiary/aromatic N) is 4. The molecule has 28 heavy (non-hydrogen) atoms. The summed E-state index contributed by atoms with van der Waals surface area (Å²) in [4.78, 5) is 11.1. The monoisotopic (exact) mass is 382 g/mol. The van der Waals surface area contributed by atoms with E-state index in [0.29, 0.717) is 36.2 Å². The topological polar surface area (TPSA) is 73.5 Å². The predicted octanol–water partition coefficient (Wildman–Crippen LogP) is 3.27. The Labute approximate surface area is 165 Å². The lowest BCUT2D eigenvalue weighted by molar-refractivity contribution is 0.258. The van der Waals surface area contributed by atoms with Crippen LogP contribution < -0.4 is 9.47 Å². The van der Waals surface area contributed by atoms with E-state index in [1.807, 2.05) is 31.4 Å². The summed E-state index contributed by atoms with van der Waals surface area (Å²) < 4.78 is 16.0. The lowest BCUT2D eigenvalue weighted by atomic mass is 10.1. The highest BCUT2D eigenvalue weighted by Gasteiger charge is 2.12. The van der Waals surface area contributed by atoms with Gasteiger partial charge in [0.15, 0.2) is 17.3 Å². The van der Waals surface area contributed by atoms with E-state index in [2.05, 4.69) is 39.1 Å². The van der Waals surface area contributed by atoms with Crippen LogP contribution >= 0.6 is 0 Å². The van der Waals surface area contributed by atoms with Crippen molar-refractivity contribution in [2.75, 3.05) is 21.3 Å². The summed E-state index contributed by atoms with van der Waals surface area (Å²) in [6, 6.07) is 9.94. The fourth-order valence-corrected chi connectivity index (χ4v) is 2.92. The van der Waals surface area contributed by atoms with Crippen molar-refractivity contribution in [1.29, 1.82) is 0 Å². The summed E-state index contributed by atoms with van der Waals surface area (Å²) in [5, 5.41) is 4.09. The van der Waals surface area contributed by atoms with Gasteiger partial charge in [-0.2, -0.15) is 4.98 Å². The summed E-state index contributed by atoms with van der Waals surface area (Å²) in [6.45, 7) is 3.41.